The molecule has 0 fully saturated rings. The first-order valence-corrected chi connectivity index (χ1v) is 12.3. The van der Waals surface area contributed by atoms with E-state index in [1.54, 1.807) is 22.7 Å². The molecule has 0 unspecified atom stereocenters. The summed E-state index contributed by atoms with van der Waals surface area (Å²) in [5, 5.41) is 8.90. The number of nitrogens with one attached hydrogen (secondary N) is 2. The van der Waals surface area contributed by atoms with E-state index in [1.807, 2.05) is 11.3 Å². The second kappa shape index (κ2) is 4.88. The summed E-state index contributed by atoms with van der Waals surface area (Å²) < 4.78 is 8.55. The molecule has 7 aromatic heterocycles. The second-order valence-electron chi connectivity index (χ2n) is 7.17. The van der Waals surface area contributed by atoms with Gasteiger partial charge in [0.1, 0.15) is 30.2 Å². The van der Waals surface area contributed by atoms with Crippen LogP contribution in [-0.2, 0) is 0 Å². The van der Waals surface area contributed by atoms with E-state index in [4.69, 9.17) is 24.4 Å². The molecule has 8 rings (SSSR count). The summed E-state index contributed by atoms with van der Waals surface area (Å²) in [5.41, 5.74) is 4.45. The van der Waals surface area contributed by atoms with Gasteiger partial charge in [0.25, 0.3) is 0 Å². The molecule has 0 saturated heterocycles. The van der Waals surface area contributed by atoms with Crippen LogP contribution in [0.1, 0.15) is 0 Å². The smallest absolute Gasteiger partial charge is 0.135 e. The van der Waals surface area contributed by atoms with Gasteiger partial charge in [-0.05, 0) is 22.9 Å². The van der Waals surface area contributed by atoms with Crippen LogP contribution in [0.5, 0.6) is 0 Å². The van der Waals surface area contributed by atoms with Gasteiger partial charge in [-0.1, -0.05) is 36.6 Å². The van der Waals surface area contributed by atoms with Crippen LogP contribution in [0.3, 0.4) is 0 Å². The minimum Gasteiger partial charge on any atom is -0.330 e. The molecule has 1 aromatic carbocycles. The zero-order valence-corrected chi connectivity index (χ0v) is 18.5. The quantitative estimate of drug-likeness (QED) is 0.178. The fourth-order valence-electron chi connectivity index (χ4n) is 4.66. The summed E-state index contributed by atoms with van der Waals surface area (Å²) in [7, 11) is 0. The van der Waals surface area contributed by atoms with Crippen molar-refractivity contribution in [3.63, 3.8) is 0 Å². The molecule has 0 saturated carbocycles. The maximum absolute atomic E-state index is 5.96. The average molecular weight is 465 g/mol. The van der Waals surface area contributed by atoms with Gasteiger partial charge in [0.2, 0.25) is 0 Å². The molecule has 138 valence electrons. The van der Waals surface area contributed by atoms with Crippen LogP contribution < -0.4 is 0 Å². The Balaban J connectivity index is 1.80. The van der Waals surface area contributed by atoms with E-state index < -0.39 is 0 Å². The minimum absolute atomic E-state index is 0.852. The standard InChI is InChI=1S/C20H8N4S5/c25-19-7-1-2-8-12-11(7)13(15-21-17-9(23(15)19)3-5-27-17)29-14(12)16-22-18-10(4-6-28-18)24(16)20(8)26/h1-6,21-22H. The lowest BCUT2D eigenvalue weighted by atomic mass is 10.1. The number of aromatic amines is 2. The normalized spacial score (nSPS) is 13.1. The number of rotatable bonds is 0. The summed E-state index contributed by atoms with van der Waals surface area (Å²) >= 11 is 17.2. The zero-order valence-electron chi connectivity index (χ0n) is 14.4. The van der Waals surface area contributed by atoms with Gasteiger partial charge in [0, 0.05) is 21.5 Å². The van der Waals surface area contributed by atoms with Gasteiger partial charge in [-0.15, -0.1) is 34.0 Å². The SMILES string of the molecule is S=c1c2ccc3c(=S)n4c5ccsc5[nH]c4c4sc(c2c34)c2[nH]c3sccc3n12. The fourth-order valence-corrected chi connectivity index (χ4v) is 8.23. The first-order chi connectivity index (χ1) is 14.2. The van der Waals surface area contributed by atoms with E-state index >= 15 is 0 Å². The third kappa shape index (κ3) is 1.61. The summed E-state index contributed by atoms with van der Waals surface area (Å²) in [6.45, 7) is 0. The van der Waals surface area contributed by atoms with E-state index in [1.165, 1.54) is 20.2 Å². The number of H-pyrrole nitrogens is 2. The highest BCUT2D eigenvalue weighted by Gasteiger charge is 2.22. The van der Waals surface area contributed by atoms with Crippen LogP contribution in [0.15, 0.2) is 35.0 Å². The molecule has 0 spiro atoms. The predicted molar refractivity (Wildman–Crippen MR) is 131 cm³/mol. The van der Waals surface area contributed by atoms with E-state index in [2.05, 4.69) is 53.8 Å². The molecule has 0 aliphatic rings. The Morgan fingerprint density at radius 1 is 0.690 bits per heavy atom. The van der Waals surface area contributed by atoms with Crippen LogP contribution in [0, 0.1) is 9.28 Å². The van der Waals surface area contributed by atoms with Crippen molar-refractivity contribution in [2.45, 2.75) is 0 Å². The fraction of sp³-hybridized carbons (Fsp3) is 0. The van der Waals surface area contributed by atoms with Crippen molar-refractivity contribution < 1.29 is 0 Å². The molecule has 2 N–H and O–H groups in total. The molecular formula is C20H8N4S5. The van der Waals surface area contributed by atoms with Gasteiger partial charge in [0.15, 0.2) is 0 Å². The zero-order chi connectivity index (χ0) is 19.0. The number of hydrogen-bond acceptors (Lipinski definition) is 5. The molecule has 0 bridgehead atoms. The van der Waals surface area contributed by atoms with Gasteiger partial charge >= 0.3 is 0 Å². The van der Waals surface area contributed by atoms with Crippen molar-refractivity contribution in [3.05, 3.63) is 44.3 Å². The van der Waals surface area contributed by atoms with Crippen LogP contribution in [0.25, 0.3) is 62.9 Å². The maximum Gasteiger partial charge on any atom is 0.135 e. The minimum atomic E-state index is 0.852. The number of fused-ring (bicyclic) bond motifs is 8. The van der Waals surface area contributed by atoms with Gasteiger partial charge in [-0.2, -0.15) is 0 Å². The number of thiophene rings is 3. The van der Waals surface area contributed by atoms with Gasteiger partial charge in [-0.25, -0.2) is 0 Å². The Bertz CT molecular complexity index is 1920. The van der Waals surface area contributed by atoms with Crippen molar-refractivity contribution >= 4 is 121 Å². The molecule has 8 aromatic rings. The highest BCUT2D eigenvalue weighted by atomic mass is 32.1. The number of pyridine rings is 2. The molecule has 29 heavy (non-hydrogen) atoms. The van der Waals surface area contributed by atoms with Crippen molar-refractivity contribution in [1.29, 1.82) is 0 Å². The second-order valence-corrected chi connectivity index (χ2v) is 10.8. The molecule has 4 nitrogen and oxygen atoms in total. The Morgan fingerprint density at radius 3 is 1.66 bits per heavy atom. The lowest BCUT2D eigenvalue weighted by Crippen LogP contribution is -1.91. The van der Waals surface area contributed by atoms with E-state index in [9.17, 15) is 0 Å². The molecule has 0 aliphatic carbocycles. The van der Waals surface area contributed by atoms with Crippen molar-refractivity contribution in [1.82, 2.24) is 18.8 Å². The summed E-state index contributed by atoms with van der Waals surface area (Å²) in [6, 6.07) is 8.57. The number of benzene rings is 1. The van der Waals surface area contributed by atoms with Crippen LogP contribution in [0.4, 0.5) is 0 Å². The lowest BCUT2D eigenvalue weighted by Gasteiger charge is -2.06. The van der Waals surface area contributed by atoms with Crippen molar-refractivity contribution in [2.24, 2.45) is 0 Å². The lowest BCUT2D eigenvalue weighted by molar-refractivity contribution is 1.24. The number of imidazole rings is 2. The van der Waals surface area contributed by atoms with Gasteiger partial charge in [0.05, 0.1) is 20.4 Å². The number of aromatic nitrogens is 4. The number of hydrogen-bond donors (Lipinski definition) is 2. The Hall–Kier alpha value is -2.30. The van der Waals surface area contributed by atoms with Crippen LogP contribution >= 0.6 is 58.4 Å². The van der Waals surface area contributed by atoms with E-state index in [0.717, 1.165) is 52.0 Å². The molecule has 0 aliphatic heterocycles. The highest BCUT2D eigenvalue weighted by Crippen LogP contribution is 2.46. The Labute approximate surface area is 183 Å². The van der Waals surface area contributed by atoms with Crippen molar-refractivity contribution in [3.8, 4) is 0 Å². The topological polar surface area (TPSA) is 40.4 Å². The summed E-state index contributed by atoms with van der Waals surface area (Å²) in [6.07, 6.45) is 0. The third-order valence-electron chi connectivity index (χ3n) is 5.84. The predicted octanol–water partition coefficient (Wildman–Crippen LogP) is 7.70. The third-order valence-corrected chi connectivity index (χ3v) is 9.49. The molecular weight excluding hydrogens is 457 g/mol. The number of nitrogens with zero attached hydrogens (tertiary/aromatic N) is 2. The summed E-state index contributed by atoms with van der Waals surface area (Å²) in [5.74, 6) is 0. The Morgan fingerprint density at radius 2 is 1.17 bits per heavy atom. The van der Waals surface area contributed by atoms with Crippen LogP contribution in [-0.4, -0.2) is 18.8 Å². The molecule has 0 atom stereocenters. The van der Waals surface area contributed by atoms with E-state index in [-0.39, 0.29) is 0 Å². The Kier molecular flexibility index (Phi) is 2.61. The first kappa shape index (κ1) is 15.5. The monoisotopic (exact) mass is 464 g/mol. The van der Waals surface area contributed by atoms with Gasteiger partial charge < -0.3 is 9.97 Å². The molecule has 0 radical (unpaired) electrons. The molecule has 0 amide bonds. The molecule has 9 heteroatoms. The van der Waals surface area contributed by atoms with Gasteiger partial charge in [-0.3, -0.25) is 8.80 Å². The average Bonchev–Trinajstić information content (AvgIpc) is 3.48. The summed E-state index contributed by atoms with van der Waals surface area (Å²) in [4.78, 5) is 9.54. The van der Waals surface area contributed by atoms with Crippen molar-refractivity contribution in [2.75, 3.05) is 0 Å². The highest BCUT2D eigenvalue weighted by molar-refractivity contribution is 7.72. The maximum atomic E-state index is 5.96. The first-order valence-electron chi connectivity index (χ1n) is 8.94. The largest absolute Gasteiger partial charge is 0.330 e. The molecule has 7 heterocycles. The van der Waals surface area contributed by atoms with Crippen LogP contribution in [0.2, 0.25) is 0 Å². The van der Waals surface area contributed by atoms with E-state index in [0.29, 0.717) is 0 Å².